The molecular weight excluding hydrogens is 329 g/mol. The van der Waals surface area contributed by atoms with Gasteiger partial charge < -0.3 is 10.3 Å². The molecule has 0 bridgehead atoms. The molecular formula is C18H27Cl2N3. The van der Waals surface area contributed by atoms with Crippen molar-refractivity contribution in [3.8, 4) is 0 Å². The number of halogens is 2. The predicted molar refractivity (Wildman–Crippen MR) is 102 cm³/mol. The molecule has 0 saturated carbocycles. The Morgan fingerprint density at radius 2 is 1.83 bits per heavy atom. The SMILES string of the molecule is Cc1[nH]c2ccccc2c1CN1CCC2(CCNCC2)C1.Cl.Cl. The number of piperidine rings is 1. The standard InChI is InChI=1S/C18H25N3.2ClH/c1-14-16(15-4-2-3-5-17(15)20-14)12-21-11-8-18(13-21)6-9-19-10-7-18;;/h2-5,19-20H,6-13H2,1H3;2*1H. The third-order valence-corrected chi connectivity index (χ3v) is 5.59. The molecule has 0 radical (unpaired) electrons. The molecule has 2 saturated heterocycles. The van der Waals surface area contributed by atoms with Crippen molar-refractivity contribution in [2.45, 2.75) is 32.7 Å². The third kappa shape index (κ3) is 3.53. The number of aromatic nitrogens is 1. The fourth-order valence-corrected chi connectivity index (χ4v) is 4.29. The summed E-state index contributed by atoms with van der Waals surface area (Å²) in [5, 5.41) is 4.91. The van der Waals surface area contributed by atoms with Gasteiger partial charge in [0.1, 0.15) is 0 Å². The molecule has 2 N–H and O–H groups in total. The minimum Gasteiger partial charge on any atom is -0.358 e. The molecule has 2 aliphatic rings. The normalized spacial score (nSPS) is 20.4. The summed E-state index contributed by atoms with van der Waals surface area (Å²) in [6.45, 7) is 8.28. The molecule has 0 unspecified atom stereocenters. The molecule has 0 aliphatic carbocycles. The molecule has 1 aromatic carbocycles. The molecule has 3 heterocycles. The summed E-state index contributed by atoms with van der Waals surface area (Å²) in [6.07, 6.45) is 4.10. The van der Waals surface area contributed by atoms with Crippen LogP contribution < -0.4 is 5.32 Å². The maximum absolute atomic E-state index is 3.54. The third-order valence-electron chi connectivity index (χ3n) is 5.59. The number of benzene rings is 1. The van der Waals surface area contributed by atoms with Crippen LogP contribution in [0.2, 0.25) is 0 Å². The number of aromatic amines is 1. The summed E-state index contributed by atoms with van der Waals surface area (Å²) in [5.74, 6) is 0. The summed E-state index contributed by atoms with van der Waals surface area (Å²) in [6, 6.07) is 8.70. The number of nitrogens with zero attached hydrogens (tertiary/aromatic N) is 1. The van der Waals surface area contributed by atoms with Gasteiger partial charge >= 0.3 is 0 Å². The van der Waals surface area contributed by atoms with E-state index in [4.69, 9.17) is 0 Å². The van der Waals surface area contributed by atoms with Gasteiger partial charge in [0.05, 0.1) is 0 Å². The van der Waals surface area contributed by atoms with Crippen LogP contribution in [0.5, 0.6) is 0 Å². The van der Waals surface area contributed by atoms with Crippen molar-refractivity contribution >= 4 is 35.7 Å². The Morgan fingerprint density at radius 3 is 2.61 bits per heavy atom. The van der Waals surface area contributed by atoms with E-state index >= 15 is 0 Å². The highest BCUT2D eigenvalue weighted by molar-refractivity contribution is 5.86. The van der Waals surface area contributed by atoms with Gasteiger partial charge in [0, 0.05) is 29.7 Å². The highest BCUT2D eigenvalue weighted by Crippen LogP contribution is 2.39. The van der Waals surface area contributed by atoms with E-state index in [9.17, 15) is 0 Å². The summed E-state index contributed by atoms with van der Waals surface area (Å²) in [5.41, 5.74) is 4.71. The number of rotatable bonds is 2. The van der Waals surface area contributed by atoms with Crippen molar-refractivity contribution in [2.24, 2.45) is 5.41 Å². The first-order chi connectivity index (χ1) is 10.3. The maximum atomic E-state index is 3.54. The predicted octanol–water partition coefficient (Wildman–Crippen LogP) is 3.90. The number of hydrogen-bond acceptors (Lipinski definition) is 2. The minimum atomic E-state index is 0. The van der Waals surface area contributed by atoms with E-state index in [1.54, 1.807) is 0 Å². The van der Waals surface area contributed by atoms with Gasteiger partial charge in [-0.15, -0.1) is 24.8 Å². The van der Waals surface area contributed by atoms with Crippen molar-refractivity contribution in [1.29, 1.82) is 0 Å². The van der Waals surface area contributed by atoms with Gasteiger partial charge in [-0.25, -0.2) is 0 Å². The number of likely N-dealkylation sites (tertiary alicyclic amines) is 1. The lowest BCUT2D eigenvalue weighted by molar-refractivity contribution is 0.194. The first kappa shape index (κ1) is 18.6. The first-order valence-electron chi connectivity index (χ1n) is 8.25. The lowest BCUT2D eigenvalue weighted by Gasteiger charge is -2.34. The molecule has 2 aliphatic heterocycles. The molecule has 0 atom stereocenters. The van der Waals surface area contributed by atoms with Gasteiger partial charge in [0.2, 0.25) is 0 Å². The highest BCUT2D eigenvalue weighted by Gasteiger charge is 2.38. The molecule has 2 aromatic rings. The second-order valence-corrected chi connectivity index (χ2v) is 6.98. The summed E-state index contributed by atoms with van der Waals surface area (Å²) in [7, 11) is 0. The molecule has 5 heteroatoms. The van der Waals surface area contributed by atoms with Crippen LogP contribution in [0, 0.1) is 12.3 Å². The van der Waals surface area contributed by atoms with Crippen LogP contribution >= 0.6 is 24.8 Å². The number of nitrogens with one attached hydrogen (secondary N) is 2. The molecule has 4 rings (SSSR count). The zero-order chi connectivity index (χ0) is 14.3. The zero-order valence-electron chi connectivity index (χ0n) is 13.7. The van der Waals surface area contributed by atoms with E-state index in [1.807, 2.05) is 0 Å². The van der Waals surface area contributed by atoms with Crippen LogP contribution in [0.1, 0.15) is 30.5 Å². The Hall–Kier alpha value is -0.740. The van der Waals surface area contributed by atoms with Gasteiger partial charge in [0.25, 0.3) is 0 Å². The molecule has 3 nitrogen and oxygen atoms in total. The topological polar surface area (TPSA) is 31.1 Å². The van der Waals surface area contributed by atoms with Gasteiger partial charge in [-0.05, 0) is 62.9 Å². The van der Waals surface area contributed by atoms with Gasteiger partial charge in [-0.1, -0.05) is 18.2 Å². The molecule has 1 spiro atoms. The average molecular weight is 356 g/mol. The Morgan fingerprint density at radius 1 is 1.09 bits per heavy atom. The molecule has 128 valence electrons. The summed E-state index contributed by atoms with van der Waals surface area (Å²) >= 11 is 0. The maximum Gasteiger partial charge on any atom is 0.0459 e. The largest absolute Gasteiger partial charge is 0.358 e. The highest BCUT2D eigenvalue weighted by atomic mass is 35.5. The van der Waals surface area contributed by atoms with E-state index in [1.165, 1.54) is 67.6 Å². The van der Waals surface area contributed by atoms with Crippen LogP contribution in [-0.4, -0.2) is 36.1 Å². The summed E-state index contributed by atoms with van der Waals surface area (Å²) < 4.78 is 0. The molecule has 0 amide bonds. The van der Waals surface area contributed by atoms with E-state index in [0.717, 1.165) is 6.54 Å². The van der Waals surface area contributed by atoms with Crippen molar-refractivity contribution < 1.29 is 0 Å². The number of fused-ring (bicyclic) bond motifs is 1. The van der Waals surface area contributed by atoms with Crippen molar-refractivity contribution in [3.05, 3.63) is 35.5 Å². The van der Waals surface area contributed by atoms with E-state index < -0.39 is 0 Å². The lowest BCUT2D eigenvalue weighted by atomic mass is 9.78. The second-order valence-electron chi connectivity index (χ2n) is 6.98. The minimum absolute atomic E-state index is 0. The van der Waals surface area contributed by atoms with Gasteiger partial charge in [0.15, 0.2) is 0 Å². The number of H-pyrrole nitrogens is 1. The quantitative estimate of drug-likeness (QED) is 0.855. The van der Waals surface area contributed by atoms with Crippen molar-refractivity contribution in [1.82, 2.24) is 15.2 Å². The van der Waals surface area contributed by atoms with Gasteiger partial charge in [-0.2, -0.15) is 0 Å². The Kier molecular flexibility index (Phi) is 6.01. The van der Waals surface area contributed by atoms with Crippen molar-refractivity contribution in [2.75, 3.05) is 26.2 Å². The van der Waals surface area contributed by atoms with Crippen LogP contribution in [0.25, 0.3) is 10.9 Å². The molecule has 1 aromatic heterocycles. The number of para-hydroxylation sites is 1. The van der Waals surface area contributed by atoms with E-state index in [-0.39, 0.29) is 24.8 Å². The van der Waals surface area contributed by atoms with Crippen LogP contribution in [-0.2, 0) is 6.54 Å². The molecule has 23 heavy (non-hydrogen) atoms. The zero-order valence-corrected chi connectivity index (χ0v) is 15.4. The number of aryl methyl sites for hydroxylation is 1. The van der Waals surface area contributed by atoms with Crippen molar-refractivity contribution in [3.63, 3.8) is 0 Å². The van der Waals surface area contributed by atoms with Gasteiger partial charge in [-0.3, -0.25) is 4.90 Å². The molecule has 2 fully saturated rings. The van der Waals surface area contributed by atoms with Crippen LogP contribution in [0.15, 0.2) is 24.3 Å². The van der Waals surface area contributed by atoms with Crippen LogP contribution in [0.4, 0.5) is 0 Å². The fraction of sp³-hybridized carbons (Fsp3) is 0.556. The Bertz CT molecular complexity index is 647. The smallest absolute Gasteiger partial charge is 0.0459 e. The monoisotopic (exact) mass is 355 g/mol. The average Bonchev–Trinajstić information content (AvgIpc) is 3.03. The number of hydrogen-bond donors (Lipinski definition) is 2. The van der Waals surface area contributed by atoms with E-state index in [0.29, 0.717) is 5.41 Å². The Balaban J connectivity index is 0.000000960. The van der Waals surface area contributed by atoms with Crippen LogP contribution in [0.3, 0.4) is 0 Å². The lowest BCUT2D eigenvalue weighted by Crippen LogP contribution is -2.38. The Labute approximate surface area is 151 Å². The van der Waals surface area contributed by atoms with E-state index in [2.05, 4.69) is 46.4 Å². The fourth-order valence-electron chi connectivity index (χ4n) is 4.29. The second kappa shape index (κ2) is 7.43. The summed E-state index contributed by atoms with van der Waals surface area (Å²) in [4.78, 5) is 6.21. The first-order valence-corrected chi connectivity index (χ1v) is 8.25.